The highest BCUT2D eigenvalue weighted by atomic mass is 16.5. The standard InChI is InChI=1S/C26H39N5O5/c1-26(2,3)21(24(34)29-18-12-8-11-17(18)25(35)36-4)31-23(33)20(16-9-6-5-7-10-16)30-22(32)19-15-27-13-14-28-19/h13-18,20-21H,5-12H2,1-4H3,(H,29,34)(H,30,32)(H,31,33)/t17-,18+,20?,21?/m1/s1. The van der Waals surface area contributed by atoms with Crippen LogP contribution >= 0.6 is 0 Å². The Bertz CT molecular complexity index is 926. The highest BCUT2D eigenvalue weighted by Crippen LogP contribution is 2.29. The van der Waals surface area contributed by atoms with Gasteiger partial charge in [0.05, 0.1) is 19.2 Å². The van der Waals surface area contributed by atoms with Crippen LogP contribution < -0.4 is 16.0 Å². The number of methoxy groups -OCH3 is 1. The number of hydrogen-bond donors (Lipinski definition) is 3. The Morgan fingerprint density at radius 3 is 2.28 bits per heavy atom. The van der Waals surface area contributed by atoms with Gasteiger partial charge in [-0.05, 0) is 37.0 Å². The summed E-state index contributed by atoms with van der Waals surface area (Å²) < 4.78 is 4.90. The summed E-state index contributed by atoms with van der Waals surface area (Å²) in [5.41, 5.74) is -0.475. The van der Waals surface area contributed by atoms with Crippen LogP contribution in [0.1, 0.15) is 82.6 Å². The molecule has 10 nitrogen and oxygen atoms in total. The number of esters is 1. The molecule has 198 valence electrons. The van der Waals surface area contributed by atoms with Crippen molar-refractivity contribution in [2.45, 2.75) is 90.3 Å². The van der Waals surface area contributed by atoms with Gasteiger partial charge < -0.3 is 20.7 Å². The molecule has 0 saturated heterocycles. The SMILES string of the molecule is COC(=O)[C@@H]1CCC[C@@H]1NC(=O)C(NC(=O)C(NC(=O)c1cnccn1)C1CCCCC1)C(C)(C)C. The van der Waals surface area contributed by atoms with Crippen LogP contribution in [0, 0.1) is 17.3 Å². The van der Waals surface area contributed by atoms with E-state index in [1.807, 2.05) is 20.8 Å². The maximum absolute atomic E-state index is 13.6. The number of nitrogens with one attached hydrogen (secondary N) is 3. The molecule has 0 aromatic carbocycles. The van der Waals surface area contributed by atoms with Crippen molar-refractivity contribution in [2.75, 3.05) is 7.11 Å². The molecule has 0 bridgehead atoms. The lowest BCUT2D eigenvalue weighted by Crippen LogP contribution is -2.60. The zero-order valence-electron chi connectivity index (χ0n) is 21.7. The first kappa shape index (κ1) is 27.5. The lowest BCUT2D eigenvalue weighted by atomic mass is 9.82. The fraction of sp³-hybridized carbons (Fsp3) is 0.692. The Morgan fingerprint density at radius 1 is 0.944 bits per heavy atom. The van der Waals surface area contributed by atoms with Crippen LogP contribution in [0.25, 0.3) is 0 Å². The minimum atomic E-state index is -0.858. The minimum Gasteiger partial charge on any atom is -0.469 e. The lowest BCUT2D eigenvalue weighted by molar-refractivity contribution is -0.146. The second-order valence-electron chi connectivity index (χ2n) is 10.9. The highest BCUT2D eigenvalue weighted by molar-refractivity contribution is 5.97. The molecular formula is C26H39N5O5. The number of carbonyl (C=O) groups excluding carboxylic acids is 4. The van der Waals surface area contributed by atoms with Gasteiger partial charge in [-0.25, -0.2) is 4.98 Å². The van der Waals surface area contributed by atoms with Crippen molar-refractivity contribution in [1.82, 2.24) is 25.9 Å². The normalized spacial score (nSPS) is 22.2. The fourth-order valence-electron chi connectivity index (χ4n) is 5.24. The second kappa shape index (κ2) is 12.3. The molecule has 0 aliphatic heterocycles. The van der Waals surface area contributed by atoms with E-state index in [-0.39, 0.29) is 29.5 Å². The third kappa shape index (κ3) is 7.01. The van der Waals surface area contributed by atoms with Crippen LogP contribution in [0.4, 0.5) is 0 Å². The average molecular weight is 502 g/mol. The zero-order valence-corrected chi connectivity index (χ0v) is 21.7. The van der Waals surface area contributed by atoms with Crippen molar-refractivity contribution >= 4 is 23.7 Å². The summed E-state index contributed by atoms with van der Waals surface area (Å²) in [4.78, 5) is 60.0. The van der Waals surface area contributed by atoms with Crippen LogP contribution in [0.3, 0.4) is 0 Å². The second-order valence-corrected chi connectivity index (χ2v) is 10.9. The van der Waals surface area contributed by atoms with Crippen LogP contribution in [0.2, 0.25) is 0 Å². The molecule has 10 heteroatoms. The summed E-state index contributed by atoms with van der Waals surface area (Å²) in [6, 6.07) is -1.99. The fourth-order valence-corrected chi connectivity index (χ4v) is 5.24. The number of aromatic nitrogens is 2. The van der Waals surface area contributed by atoms with Gasteiger partial charge in [0.15, 0.2) is 0 Å². The number of amides is 3. The monoisotopic (exact) mass is 501 g/mol. The predicted molar refractivity (Wildman–Crippen MR) is 133 cm³/mol. The topological polar surface area (TPSA) is 139 Å². The summed E-state index contributed by atoms with van der Waals surface area (Å²) in [5.74, 6) is -1.99. The van der Waals surface area contributed by atoms with Crippen LogP contribution in [-0.4, -0.2) is 58.9 Å². The highest BCUT2D eigenvalue weighted by Gasteiger charge is 2.41. The van der Waals surface area contributed by atoms with E-state index >= 15 is 0 Å². The maximum atomic E-state index is 13.6. The molecule has 1 heterocycles. The largest absolute Gasteiger partial charge is 0.469 e. The smallest absolute Gasteiger partial charge is 0.310 e. The first-order valence-electron chi connectivity index (χ1n) is 12.9. The van der Waals surface area contributed by atoms with Gasteiger partial charge in [0.25, 0.3) is 5.91 Å². The first-order valence-corrected chi connectivity index (χ1v) is 12.9. The minimum absolute atomic E-state index is 0.0402. The molecule has 4 atom stereocenters. The van der Waals surface area contributed by atoms with Crippen molar-refractivity contribution in [1.29, 1.82) is 0 Å². The molecular weight excluding hydrogens is 462 g/mol. The summed E-state index contributed by atoms with van der Waals surface area (Å²) in [7, 11) is 1.35. The molecule has 36 heavy (non-hydrogen) atoms. The molecule has 1 aromatic heterocycles. The Morgan fingerprint density at radius 2 is 1.67 bits per heavy atom. The van der Waals surface area contributed by atoms with E-state index in [0.29, 0.717) is 12.8 Å². The van der Waals surface area contributed by atoms with Crippen LogP contribution in [0.15, 0.2) is 18.6 Å². The van der Waals surface area contributed by atoms with Gasteiger partial charge >= 0.3 is 5.97 Å². The molecule has 3 N–H and O–H groups in total. The molecule has 0 spiro atoms. The van der Waals surface area contributed by atoms with E-state index < -0.39 is 35.2 Å². The molecule has 0 radical (unpaired) electrons. The van der Waals surface area contributed by atoms with Gasteiger partial charge in [-0.3, -0.25) is 24.2 Å². The molecule has 2 aliphatic rings. The van der Waals surface area contributed by atoms with Crippen LogP contribution in [0.5, 0.6) is 0 Å². The lowest BCUT2D eigenvalue weighted by Gasteiger charge is -2.35. The van der Waals surface area contributed by atoms with E-state index in [4.69, 9.17) is 4.74 Å². The Balaban J connectivity index is 1.76. The van der Waals surface area contributed by atoms with Gasteiger partial charge in [0.1, 0.15) is 17.8 Å². The number of hydrogen-bond acceptors (Lipinski definition) is 7. The van der Waals surface area contributed by atoms with Gasteiger partial charge in [-0.15, -0.1) is 0 Å². The van der Waals surface area contributed by atoms with Crippen molar-refractivity contribution in [3.63, 3.8) is 0 Å². The molecule has 2 saturated carbocycles. The number of nitrogens with zero attached hydrogens (tertiary/aromatic N) is 2. The van der Waals surface area contributed by atoms with Crippen molar-refractivity contribution in [2.24, 2.45) is 17.3 Å². The summed E-state index contributed by atoms with van der Waals surface area (Å²) in [5, 5.41) is 8.76. The third-order valence-corrected chi connectivity index (χ3v) is 7.25. The third-order valence-electron chi connectivity index (χ3n) is 7.25. The number of rotatable bonds is 8. The van der Waals surface area contributed by atoms with E-state index in [2.05, 4.69) is 25.9 Å². The quantitative estimate of drug-likeness (QED) is 0.464. The van der Waals surface area contributed by atoms with E-state index in [0.717, 1.165) is 38.5 Å². The van der Waals surface area contributed by atoms with E-state index in [1.165, 1.54) is 25.7 Å². The molecule has 2 unspecified atom stereocenters. The van der Waals surface area contributed by atoms with Crippen molar-refractivity contribution in [3.8, 4) is 0 Å². The van der Waals surface area contributed by atoms with Crippen LogP contribution in [-0.2, 0) is 19.1 Å². The number of ether oxygens (including phenoxy) is 1. The van der Waals surface area contributed by atoms with Gasteiger partial charge in [-0.1, -0.05) is 46.5 Å². The van der Waals surface area contributed by atoms with E-state index in [9.17, 15) is 19.2 Å². The van der Waals surface area contributed by atoms with Gasteiger partial charge in [0, 0.05) is 18.4 Å². The average Bonchev–Trinajstić information content (AvgIpc) is 3.33. The first-order chi connectivity index (χ1) is 17.1. The Hall–Kier alpha value is -3.04. The summed E-state index contributed by atoms with van der Waals surface area (Å²) in [6.45, 7) is 5.62. The summed E-state index contributed by atoms with van der Waals surface area (Å²) >= 11 is 0. The zero-order chi connectivity index (χ0) is 26.3. The van der Waals surface area contributed by atoms with Gasteiger partial charge in [0.2, 0.25) is 11.8 Å². The van der Waals surface area contributed by atoms with E-state index in [1.54, 1.807) is 0 Å². The number of carbonyl (C=O) groups is 4. The molecule has 2 fully saturated rings. The molecule has 1 aromatic rings. The maximum Gasteiger partial charge on any atom is 0.310 e. The molecule has 3 amide bonds. The van der Waals surface area contributed by atoms with Gasteiger partial charge in [-0.2, -0.15) is 0 Å². The molecule has 3 rings (SSSR count). The Labute approximate surface area is 212 Å². The predicted octanol–water partition coefficient (Wildman–Crippen LogP) is 2.14. The molecule has 2 aliphatic carbocycles. The van der Waals surface area contributed by atoms with Crippen molar-refractivity contribution < 1.29 is 23.9 Å². The Kier molecular flexibility index (Phi) is 9.39. The summed E-state index contributed by atoms with van der Waals surface area (Å²) in [6.07, 6.45) is 11.1. The van der Waals surface area contributed by atoms with Crippen molar-refractivity contribution in [3.05, 3.63) is 24.3 Å².